The van der Waals surface area contributed by atoms with Crippen LogP contribution in [0.15, 0.2) is 47.6 Å². The van der Waals surface area contributed by atoms with Crippen LogP contribution < -0.4 is 19.6 Å². The highest BCUT2D eigenvalue weighted by Crippen LogP contribution is 2.27. The molecule has 9 heteroatoms. The molecule has 0 saturated carbocycles. The van der Waals surface area contributed by atoms with Gasteiger partial charge >= 0.3 is 0 Å². The Hall–Kier alpha value is -3.62. The third-order valence-electron chi connectivity index (χ3n) is 4.26. The van der Waals surface area contributed by atoms with Crippen molar-refractivity contribution in [2.75, 3.05) is 20.3 Å². The summed E-state index contributed by atoms with van der Waals surface area (Å²) in [6.45, 7) is 2.52. The molecular weight excluding hydrogens is 402 g/mol. The second-order valence-electron chi connectivity index (χ2n) is 6.65. The lowest BCUT2D eigenvalue weighted by molar-refractivity contribution is -0.384. The van der Waals surface area contributed by atoms with Gasteiger partial charge in [0.25, 0.3) is 11.6 Å². The third kappa shape index (κ3) is 8.33. The van der Waals surface area contributed by atoms with E-state index in [0.717, 1.165) is 18.4 Å². The zero-order chi connectivity index (χ0) is 22.5. The van der Waals surface area contributed by atoms with Crippen LogP contribution in [-0.4, -0.2) is 37.4 Å². The minimum absolute atomic E-state index is 0.0512. The molecule has 166 valence electrons. The molecular formula is C22H27N3O6. The first-order valence-corrected chi connectivity index (χ1v) is 10.0. The van der Waals surface area contributed by atoms with E-state index in [4.69, 9.17) is 14.2 Å². The third-order valence-corrected chi connectivity index (χ3v) is 4.26. The van der Waals surface area contributed by atoms with E-state index in [1.54, 1.807) is 19.2 Å². The van der Waals surface area contributed by atoms with Crippen molar-refractivity contribution < 1.29 is 23.9 Å². The molecule has 0 aliphatic heterocycles. The molecule has 0 aromatic heterocycles. The molecule has 2 aromatic rings. The number of methoxy groups -OCH3 is 1. The molecule has 0 heterocycles. The summed E-state index contributed by atoms with van der Waals surface area (Å²) in [5, 5.41) is 14.5. The Bertz CT molecular complexity index is 883. The summed E-state index contributed by atoms with van der Waals surface area (Å²) < 4.78 is 16.4. The number of amides is 1. The van der Waals surface area contributed by atoms with Crippen LogP contribution in [0.3, 0.4) is 0 Å². The highest BCUT2D eigenvalue weighted by Gasteiger charge is 2.07. The molecule has 1 N–H and O–H groups in total. The summed E-state index contributed by atoms with van der Waals surface area (Å²) in [4.78, 5) is 22.0. The van der Waals surface area contributed by atoms with Gasteiger partial charge in [-0.25, -0.2) is 5.43 Å². The fourth-order valence-corrected chi connectivity index (χ4v) is 2.62. The van der Waals surface area contributed by atoms with Crippen molar-refractivity contribution in [3.63, 3.8) is 0 Å². The number of ether oxygens (including phenoxy) is 3. The second-order valence-corrected chi connectivity index (χ2v) is 6.65. The van der Waals surface area contributed by atoms with E-state index in [1.165, 1.54) is 43.3 Å². The van der Waals surface area contributed by atoms with Gasteiger partial charge in [0, 0.05) is 12.1 Å². The van der Waals surface area contributed by atoms with Gasteiger partial charge in [0.1, 0.15) is 5.75 Å². The Morgan fingerprint density at radius 1 is 1.10 bits per heavy atom. The maximum atomic E-state index is 11.8. The standard InChI is InChI=1S/C22H27N3O6/c1-3-4-5-6-13-30-20-12-7-17(14-21(20)29-2)15-23-24-22(26)16-31-19-10-8-18(9-11-19)25(27)28/h7-12,14-15H,3-6,13,16H2,1-2H3,(H,24,26)/b23-15+. The topological polar surface area (TPSA) is 112 Å². The van der Waals surface area contributed by atoms with Crippen molar-refractivity contribution in [1.29, 1.82) is 0 Å². The van der Waals surface area contributed by atoms with Gasteiger partial charge in [-0.3, -0.25) is 14.9 Å². The van der Waals surface area contributed by atoms with E-state index in [1.807, 2.05) is 6.07 Å². The first-order valence-electron chi connectivity index (χ1n) is 10.0. The van der Waals surface area contributed by atoms with Crippen molar-refractivity contribution in [2.24, 2.45) is 5.10 Å². The lowest BCUT2D eigenvalue weighted by Gasteiger charge is -2.11. The van der Waals surface area contributed by atoms with Crippen LogP contribution in [0.5, 0.6) is 17.2 Å². The normalized spacial score (nSPS) is 10.6. The molecule has 0 spiro atoms. The summed E-state index contributed by atoms with van der Waals surface area (Å²) in [7, 11) is 1.57. The highest BCUT2D eigenvalue weighted by atomic mass is 16.6. The van der Waals surface area contributed by atoms with Crippen LogP contribution >= 0.6 is 0 Å². The van der Waals surface area contributed by atoms with Crippen molar-refractivity contribution in [3.05, 3.63) is 58.1 Å². The van der Waals surface area contributed by atoms with Crippen molar-refractivity contribution in [1.82, 2.24) is 5.43 Å². The largest absolute Gasteiger partial charge is 0.493 e. The molecule has 0 aliphatic rings. The van der Waals surface area contributed by atoms with Gasteiger partial charge < -0.3 is 14.2 Å². The predicted octanol–water partition coefficient (Wildman–Crippen LogP) is 4.09. The molecule has 0 aliphatic carbocycles. The molecule has 2 aromatic carbocycles. The molecule has 9 nitrogen and oxygen atoms in total. The Labute approximate surface area is 181 Å². The van der Waals surface area contributed by atoms with Crippen LogP contribution in [0.1, 0.15) is 38.2 Å². The fraction of sp³-hybridized carbons (Fsp3) is 0.364. The number of hydrazone groups is 1. The first kappa shape index (κ1) is 23.7. The number of benzene rings is 2. The number of hydrogen-bond acceptors (Lipinski definition) is 7. The van der Waals surface area contributed by atoms with Crippen molar-refractivity contribution in [3.8, 4) is 17.2 Å². The number of non-ortho nitro benzene ring substituents is 1. The van der Waals surface area contributed by atoms with E-state index in [0.29, 0.717) is 23.9 Å². The van der Waals surface area contributed by atoms with Crippen LogP contribution in [0.2, 0.25) is 0 Å². The first-order chi connectivity index (χ1) is 15.0. The number of nitrogens with zero attached hydrogens (tertiary/aromatic N) is 2. The van der Waals surface area contributed by atoms with Crippen LogP contribution in [0, 0.1) is 10.1 Å². The fourth-order valence-electron chi connectivity index (χ4n) is 2.62. The molecule has 1 amide bonds. The monoisotopic (exact) mass is 429 g/mol. The van der Waals surface area contributed by atoms with E-state index in [-0.39, 0.29) is 12.3 Å². The predicted molar refractivity (Wildman–Crippen MR) is 117 cm³/mol. The van der Waals surface area contributed by atoms with Gasteiger partial charge in [-0.2, -0.15) is 5.10 Å². The minimum Gasteiger partial charge on any atom is -0.493 e. The highest BCUT2D eigenvalue weighted by molar-refractivity contribution is 5.83. The summed E-state index contributed by atoms with van der Waals surface area (Å²) in [6, 6.07) is 10.8. The molecule has 0 radical (unpaired) electrons. The molecule has 0 bridgehead atoms. The van der Waals surface area contributed by atoms with E-state index in [9.17, 15) is 14.9 Å². The summed E-state index contributed by atoms with van der Waals surface area (Å²) in [5.41, 5.74) is 3.04. The van der Waals surface area contributed by atoms with Gasteiger partial charge in [-0.1, -0.05) is 26.2 Å². The molecule has 2 rings (SSSR count). The Morgan fingerprint density at radius 3 is 2.55 bits per heavy atom. The van der Waals surface area contributed by atoms with Crippen LogP contribution in [0.4, 0.5) is 5.69 Å². The molecule has 0 saturated heterocycles. The van der Waals surface area contributed by atoms with E-state index >= 15 is 0 Å². The number of nitrogens with one attached hydrogen (secondary N) is 1. The summed E-state index contributed by atoms with van der Waals surface area (Å²) >= 11 is 0. The minimum atomic E-state index is -0.507. The Morgan fingerprint density at radius 2 is 1.87 bits per heavy atom. The quantitative estimate of drug-likeness (QED) is 0.222. The number of rotatable bonds is 13. The Kier molecular flexibility index (Phi) is 9.80. The second kappa shape index (κ2) is 12.8. The lowest BCUT2D eigenvalue weighted by Crippen LogP contribution is -2.24. The SMILES string of the molecule is CCCCCCOc1ccc(/C=N/NC(=O)COc2ccc([N+](=O)[O-])cc2)cc1OC. The number of nitro groups is 1. The van der Waals surface area contributed by atoms with Crippen molar-refractivity contribution >= 4 is 17.8 Å². The number of unbranched alkanes of at least 4 members (excludes halogenated alkanes) is 3. The molecule has 0 fully saturated rings. The van der Waals surface area contributed by atoms with Crippen LogP contribution in [0.25, 0.3) is 0 Å². The maximum Gasteiger partial charge on any atom is 0.277 e. The zero-order valence-electron chi connectivity index (χ0n) is 17.7. The van der Waals surface area contributed by atoms with Gasteiger partial charge in [-0.05, 0) is 42.3 Å². The van der Waals surface area contributed by atoms with Gasteiger partial charge in [0.05, 0.1) is 24.9 Å². The van der Waals surface area contributed by atoms with Crippen LogP contribution in [-0.2, 0) is 4.79 Å². The number of carbonyl (C=O) groups excluding carboxylic acids is 1. The van der Waals surface area contributed by atoms with E-state index in [2.05, 4.69) is 17.5 Å². The number of carbonyl (C=O) groups is 1. The molecule has 0 atom stereocenters. The molecule has 0 unspecified atom stereocenters. The number of hydrogen-bond donors (Lipinski definition) is 1. The van der Waals surface area contributed by atoms with Gasteiger partial charge in [0.15, 0.2) is 18.1 Å². The lowest BCUT2D eigenvalue weighted by atomic mass is 10.2. The summed E-state index contributed by atoms with van der Waals surface area (Å²) in [6.07, 6.45) is 5.99. The maximum absolute atomic E-state index is 11.8. The van der Waals surface area contributed by atoms with Crippen molar-refractivity contribution in [2.45, 2.75) is 32.6 Å². The molecule has 31 heavy (non-hydrogen) atoms. The number of nitro benzene ring substituents is 1. The van der Waals surface area contributed by atoms with Gasteiger partial charge in [-0.15, -0.1) is 0 Å². The average molecular weight is 429 g/mol. The van der Waals surface area contributed by atoms with Gasteiger partial charge in [0.2, 0.25) is 0 Å². The van der Waals surface area contributed by atoms with E-state index < -0.39 is 10.8 Å². The average Bonchev–Trinajstić information content (AvgIpc) is 2.78. The zero-order valence-corrected chi connectivity index (χ0v) is 17.7. The smallest absolute Gasteiger partial charge is 0.277 e. The Balaban J connectivity index is 1.80. The summed E-state index contributed by atoms with van der Waals surface area (Å²) in [5.74, 6) is 1.14.